The molecule has 7 nitrogen and oxygen atoms in total. The van der Waals surface area contributed by atoms with E-state index in [0.29, 0.717) is 19.7 Å². The Bertz CT molecular complexity index is 342. The summed E-state index contributed by atoms with van der Waals surface area (Å²) in [6, 6.07) is -0.280. The molecule has 0 unspecified atom stereocenters. The number of amides is 1. The van der Waals surface area contributed by atoms with E-state index in [0.717, 1.165) is 12.8 Å². The Balaban J connectivity index is 1.84. The molecule has 2 heterocycles. The van der Waals surface area contributed by atoms with Crippen LogP contribution in [0.3, 0.4) is 0 Å². The van der Waals surface area contributed by atoms with Crippen LogP contribution < -0.4 is 0 Å². The lowest BCUT2D eigenvalue weighted by molar-refractivity contribution is 0.0945. The molecule has 0 radical (unpaired) electrons. The zero-order valence-electron chi connectivity index (χ0n) is 9.78. The van der Waals surface area contributed by atoms with Crippen molar-refractivity contribution in [1.29, 1.82) is 0 Å². The molecule has 2 saturated heterocycles. The van der Waals surface area contributed by atoms with Gasteiger partial charge in [-0.15, -0.1) is 0 Å². The molecular weight excluding hydrogens is 224 g/mol. The number of carbonyl (C=O) groups excluding carboxylic acids is 1. The molecule has 0 spiro atoms. The molecule has 0 saturated carbocycles. The fraction of sp³-hybridized carbons (Fsp3) is 0.900. The molecule has 2 aliphatic rings. The normalized spacial score (nSPS) is 30.2. The summed E-state index contributed by atoms with van der Waals surface area (Å²) in [4.78, 5) is 16.0. The maximum atomic E-state index is 11.7. The number of rotatable bonds is 4. The second-order valence-electron chi connectivity index (χ2n) is 4.28. The fourth-order valence-electron chi connectivity index (χ4n) is 1.98. The van der Waals surface area contributed by atoms with Gasteiger partial charge in [0.15, 0.2) is 0 Å². The second-order valence-corrected chi connectivity index (χ2v) is 4.28. The Hall–Kier alpha value is -1.46. The lowest BCUT2D eigenvalue weighted by Crippen LogP contribution is -2.46. The van der Waals surface area contributed by atoms with Gasteiger partial charge in [-0.2, -0.15) is 0 Å². The van der Waals surface area contributed by atoms with Crippen molar-refractivity contribution in [2.24, 2.45) is 5.11 Å². The van der Waals surface area contributed by atoms with Gasteiger partial charge in [0, 0.05) is 11.5 Å². The second kappa shape index (κ2) is 5.25. The van der Waals surface area contributed by atoms with E-state index in [9.17, 15) is 4.79 Å². The van der Waals surface area contributed by atoms with E-state index in [-0.39, 0.29) is 24.3 Å². The van der Waals surface area contributed by atoms with Gasteiger partial charge in [-0.1, -0.05) is 18.5 Å². The smallest absolute Gasteiger partial charge is 0.409 e. The van der Waals surface area contributed by atoms with Gasteiger partial charge in [-0.05, 0) is 12.0 Å². The van der Waals surface area contributed by atoms with E-state index in [1.165, 1.54) is 0 Å². The third-order valence-electron chi connectivity index (χ3n) is 2.99. The average Bonchev–Trinajstić information content (AvgIpc) is 3.09. The number of piperidine rings is 1. The van der Waals surface area contributed by atoms with E-state index in [4.69, 9.17) is 15.0 Å². The van der Waals surface area contributed by atoms with Crippen LogP contribution >= 0.6 is 0 Å². The maximum Gasteiger partial charge on any atom is 0.409 e. The van der Waals surface area contributed by atoms with Gasteiger partial charge in [0.25, 0.3) is 0 Å². The van der Waals surface area contributed by atoms with Crippen LogP contribution in [0, 0.1) is 0 Å². The molecule has 1 amide bonds. The minimum absolute atomic E-state index is 0.00871. The number of likely N-dealkylation sites (tertiary alicyclic amines) is 1. The molecule has 0 aromatic carbocycles. The van der Waals surface area contributed by atoms with Crippen molar-refractivity contribution in [3.05, 3.63) is 10.4 Å². The van der Waals surface area contributed by atoms with Crippen molar-refractivity contribution in [3.63, 3.8) is 0 Å². The van der Waals surface area contributed by atoms with Gasteiger partial charge in [0.1, 0.15) is 6.10 Å². The third kappa shape index (κ3) is 2.81. The molecule has 0 aromatic heterocycles. The van der Waals surface area contributed by atoms with E-state index in [1.54, 1.807) is 4.90 Å². The number of hydrogen-bond acceptors (Lipinski definition) is 4. The van der Waals surface area contributed by atoms with Gasteiger partial charge in [-0.25, -0.2) is 4.79 Å². The summed E-state index contributed by atoms with van der Waals surface area (Å²) in [7, 11) is 0. The first kappa shape index (κ1) is 12.0. The highest BCUT2D eigenvalue weighted by Gasteiger charge is 2.51. The van der Waals surface area contributed by atoms with Crippen LogP contribution in [0.5, 0.6) is 0 Å². The highest BCUT2D eigenvalue weighted by Crippen LogP contribution is 2.33. The van der Waals surface area contributed by atoms with Crippen LogP contribution in [0.4, 0.5) is 4.79 Å². The number of epoxide rings is 1. The molecule has 2 rings (SSSR count). The highest BCUT2D eigenvalue weighted by atomic mass is 16.6. The van der Waals surface area contributed by atoms with Gasteiger partial charge in [-0.3, -0.25) is 0 Å². The molecule has 0 bridgehead atoms. The Kier molecular flexibility index (Phi) is 3.71. The lowest BCUT2D eigenvalue weighted by Gasteiger charge is -2.26. The lowest BCUT2D eigenvalue weighted by atomic mass is 10.1. The van der Waals surface area contributed by atoms with Crippen LogP contribution in [-0.4, -0.2) is 48.9 Å². The molecule has 0 N–H and O–H groups in total. The van der Waals surface area contributed by atoms with Crippen LogP contribution in [0.1, 0.15) is 19.8 Å². The summed E-state index contributed by atoms with van der Waals surface area (Å²) < 4.78 is 10.4. The van der Waals surface area contributed by atoms with E-state index < -0.39 is 0 Å². The minimum Gasteiger partial charge on any atom is -0.449 e. The molecular formula is C10H16N4O3. The van der Waals surface area contributed by atoms with Crippen LogP contribution in [0.15, 0.2) is 5.11 Å². The van der Waals surface area contributed by atoms with Gasteiger partial charge < -0.3 is 14.4 Å². The van der Waals surface area contributed by atoms with Crippen molar-refractivity contribution >= 4 is 6.09 Å². The molecule has 2 fully saturated rings. The largest absolute Gasteiger partial charge is 0.449 e. The van der Waals surface area contributed by atoms with Crippen LogP contribution in [-0.2, 0) is 9.47 Å². The van der Waals surface area contributed by atoms with Crippen molar-refractivity contribution in [2.45, 2.75) is 38.0 Å². The van der Waals surface area contributed by atoms with E-state index in [2.05, 4.69) is 10.0 Å². The SMILES string of the molecule is CCCCOC(=O)N1C[C@H](N=[N+]=[N-])[C@H]2O[C@H]2C1. The molecule has 0 aromatic rings. The monoisotopic (exact) mass is 240 g/mol. The zero-order valence-corrected chi connectivity index (χ0v) is 9.78. The third-order valence-corrected chi connectivity index (χ3v) is 2.99. The number of hydrogen-bond donors (Lipinski definition) is 0. The van der Waals surface area contributed by atoms with Crippen LogP contribution in [0.2, 0.25) is 0 Å². The van der Waals surface area contributed by atoms with E-state index >= 15 is 0 Å². The number of carbonyl (C=O) groups is 1. The van der Waals surface area contributed by atoms with Gasteiger partial charge in [0.05, 0.1) is 25.3 Å². The van der Waals surface area contributed by atoms with Gasteiger partial charge >= 0.3 is 6.09 Å². The summed E-state index contributed by atoms with van der Waals surface area (Å²) >= 11 is 0. The summed E-state index contributed by atoms with van der Waals surface area (Å²) in [5.74, 6) is 0. The summed E-state index contributed by atoms with van der Waals surface area (Å²) in [5.41, 5.74) is 8.42. The minimum atomic E-state index is -0.342. The number of nitrogens with zero attached hydrogens (tertiary/aromatic N) is 4. The Morgan fingerprint density at radius 3 is 3.18 bits per heavy atom. The molecule has 3 atom stereocenters. The number of ether oxygens (including phenoxy) is 2. The first-order valence-corrected chi connectivity index (χ1v) is 5.87. The maximum absolute atomic E-state index is 11.7. The standard InChI is InChI=1S/C10H16N4O3/c1-2-3-4-16-10(15)14-5-7(12-13-11)9-8(6-14)17-9/h7-9H,2-6H2,1H3/t7-,8-,9+/m0/s1. The number of unbranched alkanes of at least 4 members (excludes halogenated alkanes) is 1. The first-order chi connectivity index (χ1) is 8.26. The topological polar surface area (TPSA) is 90.8 Å². The number of fused-ring (bicyclic) bond motifs is 1. The Morgan fingerprint density at radius 2 is 2.47 bits per heavy atom. The highest BCUT2D eigenvalue weighted by molar-refractivity contribution is 5.68. The summed E-state index contributed by atoms with van der Waals surface area (Å²) in [6.07, 6.45) is 1.51. The summed E-state index contributed by atoms with van der Waals surface area (Å²) in [5, 5.41) is 3.64. The fourth-order valence-corrected chi connectivity index (χ4v) is 1.98. The molecule has 17 heavy (non-hydrogen) atoms. The quantitative estimate of drug-likeness (QED) is 0.246. The van der Waals surface area contributed by atoms with Crippen LogP contribution in [0.25, 0.3) is 10.4 Å². The van der Waals surface area contributed by atoms with E-state index in [1.807, 2.05) is 6.92 Å². The summed E-state index contributed by atoms with van der Waals surface area (Å²) in [6.45, 7) is 3.39. The van der Waals surface area contributed by atoms with Crippen molar-refractivity contribution in [1.82, 2.24) is 4.90 Å². The Labute approximate surface area is 99.3 Å². The molecule has 0 aliphatic carbocycles. The van der Waals surface area contributed by atoms with Gasteiger partial charge in [0.2, 0.25) is 0 Å². The van der Waals surface area contributed by atoms with Crippen molar-refractivity contribution in [3.8, 4) is 0 Å². The molecule has 2 aliphatic heterocycles. The zero-order chi connectivity index (χ0) is 12.3. The first-order valence-electron chi connectivity index (χ1n) is 5.87. The predicted octanol–water partition coefficient (Wildman–Crippen LogP) is 1.69. The van der Waals surface area contributed by atoms with Crippen molar-refractivity contribution < 1.29 is 14.3 Å². The average molecular weight is 240 g/mol. The van der Waals surface area contributed by atoms with Crippen molar-refractivity contribution in [2.75, 3.05) is 19.7 Å². The predicted molar refractivity (Wildman–Crippen MR) is 59.4 cm³/mol. The molecule has 94 valence electrons. The number of azide groups is 1. The molecule has 7 heteroatoms. The Morgan fingerprint density at radius 1 is 1.65 bits per heavy atom.